The van der Waals surface area contributed by atoms with Crippen LogP contribution in [0.25, 0.3) is 10.7 Å². The van der Waals surface area contributed by atoms with Crippen LogP contribution in [-0.4, -0.2) is 34.9 Å². The number of ether oxygens (including phenoxy) is 2. The molecule has 2 aromatic heterocycles. The summed E-state index contributed by atoms with van der Waals surface area (Å²) >= 11 is 6.78. The van der Waals surface area contributed by atoms with Gasteiger partial charge in [0.1, 0.15) is 6.54 Å². The Labute approximate surface area is 159 Å². The lowest BCUT2D eigenvalue weighted by atomic mass is 10.2. The highest BCUT2D eigenvalue weighted by atomic mass is 32.1. The lowest BCUT2D eigenvalue weighted by molar-refractivity contribution is -0.121. The Morgan fingerprint density at radius 2 is 2.12 bits per heavy atom. The quantitative estimate of drug-likeness (QED) is 0.606. The average molecular weight is 390 g/mol. The molecule has 3 rings (SSSR count). The van der Waals surface area contributed by atoms with E-state index < -0.39 is 0 Å². The second-order valence-corrected chi connectivity index (χ2v) is 6.72. The van der Waals surface area contributed by atoms with Gasteiger partial charge in [0, 0.05) is 6.54 Å². The summed E-state index contributed by atoms with van der Waals surface area (Å²) in [7, 11) is 3.16. The number of aromatic nitrogens is 3. The van der Waals surface area contributed by atoms with Crippen LogP contribution in [0, 0.1) is 4.77 Å². The van der Waals surface area contributed by atoms with Gasteiger partial charge in [0.05, 0.1) is 19.1 Å². The molecule has 0 fully saturated rings. The van der Waals surface area contributed by atoms with Crippen LogP contribution in [0.15, 0.2) is 35.7 Å². The van der Waals surface area contributed by atoms with E-state index in [9.17, 15) is 4.79 Å². The number of H-pyrrole nitrogens is 1. The number of amides is 1. The molecule has 2 heterocycles. The fraction of sp³-hybridized carbons (Fsp3) is 0.235. The van der Waals surface area contributed by atoms with E-state index in [1.165, 1.54) is 0 Å². The summed E-state index contributed by atoms with van der Waals surface area (Å²) < 4.78 is 12.6. The number of nitrogens with zero attached hydrogens (tertiary/aromatic N) is 2. The molecule has 0 aliphatic heterocycles. The molecule has 136 valence electrons. The van der Waals surface area contributed by atoms with Gasteiger partial charge in [-0.2, -0.15) is 5.10 Å². The number of nitrogens with one attached hydrogen (secondary N) is 2. The summed E-state index contributed by atoms with van der Waals surface area (Å²) in [6, 6.07) is 9.39. The summed E-state index contributed by atoms with van der Waals surface area (Å²) in [5, 5.41) is 11.8. The van der Waals surface area contributed by atoms with E-state index in [0.717, 1.165) is 10.4 Å². The van der Waals surface area contributed by atoms with Crippen LogP contribution in [-0.2, 0) is 17.9 Å². The molecule has 26 heavy (non-hydrogen) atoms. The van der Waals surface area contributed by atoms with E-state index in [4.69, 9.17) is 21.7 Å². The van der Waals surface area contributed by atoms with Crippen molar-refractivity contribution in [2.24, 2.45) is 0 Å². The highest BCUT2D eigenvalue weighted by Gasteiger charge is 2.13. The molecule has 0 aliphatic carbocycles. The molecular weight excluding hydrogens is 372 g/mol. The van der Waals surface area contributed by atoms with Gasteiger partial charge in [-0.1, -0.05) is 12.1 Å². The molecule has 0 radical (unpaired) electrons. The zero-order valence-electron chi connectivity index (χ0n) is 14.3. The molecule has 0 saturated carbocycles. The summed E-state index contributed by atoms with van der Waals surface area (Å²) in [6.07, 6.45) is 0. The lowest BCUT2D eigenvalue weighted by Crippen LogP contribution is -2.27. The summed E-state index contributed by atoms with van der Waals surface area (Å²) in [5.74, 6) is 1.77. The Hall–Kier alpha value is -2.65. The van der Waals surface area contributed by atoms with Crippen LogP contribution < -0.4 is 14.8 Å². The Bertz CT molecular complexity index is 947. The minimum Gasteiger partial charge on any atom is -0.493 e. The molecule has 0 unspecified atom stereocenters. The first-order valence-electron chi connectivity index (χ1n) is 7.79. The van der Waals surface area contributed by atoms with Crippen molar-refractivity contribution in [2.75, 3.05) is 14.2 Å². The van der Waals surface area contributed by atoms with E-state index in [-0.39, 0.29) is 12.5 Å². The van der Waals surface area contributed by atoms with Gasteiger partial charge in [-0.05, 0) is 41.4 Å². The zero-order chi connectivity index (χ0) is 18.5. The van der Waals surface area contributed by atoms with Crippen molar-refractivity contribution in [2.45, 2.75) is 13.1 Å². The van der Waals surface area contributed by atoms with E-state index in [1.54, 1.807) is 36.2 Å². The Kier molecular flexibility index (Phi) is 5.69. The number of aromatic amines is 1. The first-order chi connectivity index (χ1) is 12.6. The van der Waals surface area contributed by atoms with Crippen molar-refractivity contribution < 1.29 is 14.3 Å². The summed E-state index contributed by atoms with van der Waals surface area (Å²) in [6.45, 7) is 0.467. The number of methoxy groups -OCH3 is 2. The third-order valence-electron chi connectivity index (χ3n) is 3.74. The SMILES string of the molecule is COc1ccc(CNC(=O)Cn2c(-c3cccs3)n[nH]c2=S)cc1OC. The number of carbonyl (C=O) groups excluding carboxylic acids is 1. The van der Waals surface area contributed by atoms with Crippen LogP contribution >= 0.6 is 23.6 Å². The lowest BCUT2D eigenvalue weighted by Gasteiger charge is -2.11. The largest absolute Gasteiger partial charge is 0.493 e. The second-order valence-electron chi connectivity index (χ2n) is 5.38. The number of hydrogen-bond donors (Lipinski definition) is 2. The maximum atomic E-state index is 12.4. The van der Waals surface area contributed by atoms with E-state index in [1.807, 2.05) is 29.6 Å². The molecule has 0 aliphatic rings. The smallest absolute Gasteiger partial charge is 0.240 e. The van der Waals surface area contributed by atoms with Crippen molar-refractivity contribution >= 4 is 29.5 Å². The van der Waals surface area contributed by atoms with Crippen LogP contribution in [0.3, 0.4) is 0 Å². The normalized spacial score (nSPS) is 10.5. The van der Waals surface area contributed by atoms with Crippen molar-refractivity contribution in [1.29, 1.82) is 0 Å². The molecule has 9 heteroatoms. The number of thiophene rings is 1. The Balaban J connectivity index is 1.67. The van der Waals surface area contributed by atoms with Gasteiger partial charge in [0.25, 0.3) is 0 Å². The molecule has 7 nitrogen and oxygen atoms in total. The molecule has 0 atom stereocenters. The second kappa shape index (κ2) is 8.15. The van der Waals surface area contributed by atoms with Crippen molar-refractivity contribution in [3.05, 3.63) is 46.0 Å². The fourth-order valence-electron chi connectivity index (χ4n) is 2.45. The minimum atomic E-state index is -0.157. The van der Waals surface area contributed by atoms with Crippen LogP contribution in [0.2, 0.25) is 0 Å². The molecule has 3 aromatic rings. The first-order valence-corrected chi connectivity index (χ1v) is 9.08. The first kappa shape index (κ1) is 18.2. The monoisotopic (exact) mass is 390 g/mol. The molecule has 1 amide bonds. The molecular formula is C17H18N4O3S2. The summed E-state index contributed by atoms with van der Waals surface area (Å²) in [4.78, 5) is 13.3. The predicted molar refractivity (Wildman–Crippen MR) is 102 cm³/mol. The highest BCUT2D eigenvalue weighted by Crippen LogP contribution is 2.27. The Morgan fingerprint density at radius 1 is 1.31 bits per heavy atom. The van der Waals surface area contributed by atoms with E-state index in [2.05, 4.69) is 15.5 Å². The van der Waals surface area contributed by atoms with Gasteiger partial charge < -0.3 is 14.8 Å². The van der Waals surface area contributed by atoms with Crippen LogP contribution in [0.4, 0.5) is 0 Å². The number of rotatable bonds is 7. The zero-order valence-corrected chi connectivity index (χ0v) is 15.9. The number of hydrogen-bond acceptors (Lipinski definition) is 6. The van der Waals surface area contributed by atoms with Gasteiger partial charge in [-0.25, -0.2) is 0 Å². The molecule has 0 bridgehead atoms. The number of benzene rings is 1. The fourth-order valence-corrected chi connectivity index (χ4v) is 3.37. The predicted octanol–water partition coefficient (Wildman–Crippen LogP) is 3.00. The molecule has 0 saturated heterocycles. The third kappa shape index (κ3) is 3.94. The van der Waals surface area contributed by atoms with Crippen molar-refractivity contribution in [3.63, 3.8) is 0 Å². The minimum absolute atomic E-state index is 0.0931. The topological polar surface area (TPSA) is 81.2 Å². The maximum Gasteiger partial charge on any atom is 0.240 e. The molecule has 2 N–H and O–H groups in total. The molecule has 1 aromatic carbocycles. The third-order valence-corrected chi connectivity index (χ3v) is 4.92. The Morgan fingerprint density at radius 3 is 2.81 bits per heavy atom. The van der Waals surface area contributed by atoms with Crippen LogP contribution in [0.1, 0.15) is 5.56 Å². The number of carbonyl (C=O) groups is 1. The van der Waals surface area contributed by atoms with E-state index in [0.29, 0.717) is 28.6 Å². The van der Waals surface area contributed by atoms with Gasteiger partial charge in [0.15, 0.2) is 22.1 Å². The van der Waals surface area contributed by atoms with Crippen LogP contribution in [0.5, 0.6) is 11.5 Å². The van der Waals surface area contributed by atoms with Gasteiger partial charge in [-0.15, -0.1) is 11.3 Å². The van der Waals surface area contributed by atoms with E-state index >= 15 is 0 Å². The highest BCUT2D eigenvalue weighted by molar-refractivity contribution is 7.71. The van der Waals surface area contributed by atoms with Gasteiger partial charge in [-0.3, -0.25) is 14.5 Å². The van der Waals surface area contributed by atoms with Crippen molar-refractivity contribution in [3.8, 4) is 22.2 Å². The maximum absolute atomic E-state index is 12.4. The van der Waals surface area contributed by atoms with Gasteiger partial charge in [0.2, 0.25) is 5.91 Å². The summed E-state index contributed by atoms with van der Waals surface area (Å²) in [5.41, 5.74) is 0.908. The standard InChI is InChI=1S/C17H18N4O3S2/c1-23-12-6-5-11(8-13(12)24-2)9-18-15(22)10-21-16(19-20-17(21)25)14-4-3-7-26-14/h3-8H,9-10H2,1-2H3,(H,18,22)(H,20,25). The van der Waals surface area contributed by atoms with Gasteiger partial charge >= 0.3 is 0 Å². The average Bonchev–Trinajstić information content (AvgIpc) is 3.30. The molecule has 0 spiro atoms. The van der Waals surface area contributed by atoms with Crippen molar-refractivity contribution in [1.82, 2.24) is 20.1 Å².